The van der Waals surface area contributed by atoms with E-state index >= 15 is 4.39 Å². The molecule has 2 N–H and O–H groups in total. The molecule has 0 unspecified atom stereocenters. The minimum Gasteiger partial charge on any atom is -0.493 e. The monoisotopic (exact) mass is 553 g/mol. The van der Waals surface area contributed by atoms with Crippen molar-refractivity contribution in [2.45, 2.75) is 0 Å². The first kappa shape index (κ1) is 27.1. The van der Waals surface area contributed by atoms with Crippen LogP contribution in [0.15, 0.2) is 54.7 Å². The van der Waals surface area contributed by atoms with E-state index in [1.54, 1.807) is 12.1 Å². The third kappa shape index (κ3) is 5.65. The Morgan fingerprint density at radius 2 is 1.72 bits per heavy atom. The number of hydrogen-bond donors (Lipinski definition) is 2. The van der Waals surface area contributed by atoms with Gasteiger partial charge in [0.05, 0.1) is 31.8 Å². The SMILES string of the molecule is COc1cc(Nc2ncc([N+](=O)[O-])c(Nc3ccc(Cl)cc3-c3cccc(C=O)c3F)n2)cc(OC)c1OC. The van der Waals surface area contributed by atoms with Gasteiger partial charge in [-0.2, -0.15) is 4.98 Å². The molecule has 200 valence electrons. The van der Waals surface area contributed by atoms with Crippen LogP contribution in [0.2, 0.25) is 5.02 Å². The summed E-state index contributed by atoms with van der Waals surface area (Å²) in [5.41, 5.74) is 0.440. The van der Waals surface area contributed by atoms with Crippen molar-refractivity contribution < 1.29 is 28.3 Å². The highest BCUT2D eigenvalue weighted by molar-refractivity contribution is 6.31. The van der Waals surface area contributed by atoms with E-state index in [-0.39, 0.29) is 39.2 Å². The van der Waals surface area contributed by atoms with Crippen LogP contribution in [0.3, 0.4) is 0 Å². The van der Waals surface area contributed by atoms with Crippen LogP contribution in [0.5, 0.6) is 17.2 Å². The Kier molecular flexibility index (Phi) is 8.06. The Morgan fingerprint density at radius 3 is 2.33 bits per heavy atom. The number of methoxy groups -OCH3 is 3. The van der Waals surface area contributed by atoms with Gasteiger partial charge in [-0.05, 0) is 24.3 Å². The third-order valence-corrected chi connectivity index (χ3v) is 5.80. The molecule has 0 spiro atoms. The molecule has 13 heteroatoms. The van der Waals surface area contributed by atoms with E-state index in [1.165, 1.54) is 57.7 Å². The minimum absolute atomic E-state index is 0.00187. The summed E-state index contributed by atoms with van der Waals surface area (Å²) in [4.78, 5) is 30.7. The van der Waals surface area contributed by atoms with Gasteiger partial charge in [-0.3, -0.25) is 14.9 Å². The van der Waals surface area contributed by atoms with Gasteiger partial charge in [0.25, 0.3) is 0 Å². The van der Waals surface area contributed by atoms with Crippen LogP contribution >= 0.6 is 11.6 Å². The summed E-state index contributed by atoms with van der Waals surface area (Å²) in [7, 11) is 4.39. The number of nitro groups is 1. The van der Waals surface area contributed by atoms with Crippen LogP contribution < -0.4 is 24.8 Å². The van der Waals surface area contributed by atoms with Gasteiger partial charge < -0.3 is 24.8 Å². The van der Waals surface area contributed by atoms with E-state index in [4.69, 9.17) is 25.8 Å². The Balaban J connectivity index is 1.77. The second-order valence-electron chi connectivity index (χ2n) is 7.87. The molecule has 0 fully saturated rings. The van der Waals surface area contributed by atoms with Crippen molar-refractivity contribution in [1.29, 1.82) is 0 Å². The van der Waals surface area contributed by atoms with Crippen LogP contribution in [0.1, 0.15) is 10.4 Å². The number of nitrogens with zero attached hydrogens (tertiary/aromatic N) is 3. The lowest BCUT2D eigenvalue weighted by molar-refractivity contribution is -0.384. The van der Waals surface area contributed by atoms with Gasteiger partial charge in [0.15, 0.2) is 17.8 Å². The Labute approximate surface area is 226 Å². The molecule has 1 aromatic heterocycles. The molecule has 39 heavy (non-hydrogen) atoms. The van der Waals surface area contributed by atoms with Gasteiger partial charge in [0.2, 0.25) is 17.5 Å². The number of rotatable bonds is 10. The molecule has 4 rings (SSSR count). The standard InChI is InChI=1S/C26H21ClFN5O6/c1-37-21-10-16(11-22(38-2)24(21)39-3)30-26-29-12-20(33(35)36)25(32-26)31-19-8-7-15(27)9-18(19)17-6-4-5-14(13-34)23(17)28/h4-13H,1-3H3,(H2,29,30,31,32). The van der Waals surface area contributed by atoms with E-state index in [9.17, 15) is 14.9 Å². The van der Waals surface area contributed by atoms with E-state index in [1.807, 2.05) is 0 Å². The first-order valence-electron chi connectivity index (χ1n) is 11.2. The van der Waals surface area contributed by atoms with E-state index in [2.05, 4.69) is 20.6 Å². The third-order valence-electron chi connectivity index (χ3n) is 5.57. The largest absolute Gasteiger partial charge is 0.493 e. The summed E-state index contributed by atoms with van der Waals surface area (Å²) >= 11 is 6.17. The summed E-state index contributed by atoms with van der Waals surface area (Å²) in [5.74, 6) is 0.163. The molecular weight excluding hydrogens is 533 g/mol. The number of aldehydes is 1. The number of aromatic nitrogens is 2. The molecule has 0 bridgehead atoms. The van der Waals surface area contributed by atoms with Gasteiger partial charge in [0, 0.05) is 39.7 Å². The number of benzene rings is 3. The lowest BCUT2D eigenvalue weighted by atomic mass is 10.0. The number of carbonyl (C=O) groups excluding carboxylic acids is 1. The number of halogens is 2. The highest BCUT2D eigenvalue weighted by Crippen LogP contribution is 2.41. The fraction of sp³-hybridized carbons (Fsp3) is 0.115. The molecule has 0 radical (unpaired) electrons. The quantitative estimate of drug-likeness (QED) is 0.133. The van der Waals surface area contributed by atoms with Gasteiger partial charge in [-0.15, -0.1) is 0 Å². The van der Waals surface area contributed by atoms with E-state index < -0.39 is 16.4 Å². The first-order chi connectivity index (χ1) is 18.8. The van der Waals surface area contributed by atoms with Crippen LogP contribution in [0, 0.1) is 15.9 Å². The smallest absolute Gasteiger partial charge is 0.329 e. The predicted molar refractivity (Wildman–Crippen MR) is 144 cm³/mol. The van der Waals surface area contributed by atoms with Crippen molar-refractivity contribution in [3.63, 3.8) is 0 Å². The maximum Gasteiger partial charge on any atom is 0.329 e. The molecule has 0 atom stereocenters. The van der Waals surface area contributed by atoms with Crippen molar-refractivity contribution in [2.75, 3.05) is 32.0 Å². The van der Waals surface area contributed by atoms with Crippen molar-refractivity contribution >= 4 is 46.7 Å². The lowest BCUT2D eigenvalue weighted by Gasteiger charge is -2.16. The molecule has 1 heterocycles. The Hall–Kier alpha value is -4.97. The summed E-state index contributed by atoms with van der Waals surface area (Å²) < 4.78 is 31.0. The van der Waals surface area contributed by atoms with Crippen LogP contribution in [0.4, 0.5) is 33.2 Å². The fourth-order valence-electron chi connectivity index (χ4n) is 3.77. The first-order valence-corrected chi connectivity index (χ1v) is 11.6. The van der Waals surface area contributed by atoms with Gasteiger partial charge in [-0.25, -0.2) is 9.37 Å². The summed E-state index contributed by atoms with van der Waals surface area (Å²) in [5, 5.41) is 17.9. The second kappa shape index (κ2) is 11.6. The molecular formula is C26H21ClFN5O6. The average molecular weight is 554 g/mol. The van der Waals surface area contributed by atoms with Crippen molar-refractivity contribution in [3.05, 3.63) is 81.2 Å². The van der Waals surface area contributed by atoms with E-state index in [0.717, 1.165) is 6.20 Å². The maximum atomic E-state index is 15.0. The van der Waals surface area contributed by atoms with Crippen LogP contribution in [-0.2, 0) is 0 Å². The Morgan fingerprint density at radius 1 is 1.00 bits per heavy atom. The van der Waals surface area contributed by atoms with Gasteiger partial charge in [0.1, 0.15) is 12.0 Å². The number of nitrogens with one attached hydrogen (secondary N) is 2. The predicted octanol–water partition coefficient (Wildman–Crippen LogP) is 6.17. The minimum atomic E-state index is -0.764. The molecule has 0 amide bonds. The molecule has 0 aliphatic rings. The number of ether oxygens (including phenoxy) is 3. The van der Waals surface area contributed by atoms with E-state index in [0.29, 0.717) is 29.2 Å². The molecule has 4 aromatic rings. The Bertz CT molecular complexity index is 1540. The summed E-state index contributed by atoms with van der Waals surface area (Å²) in [6.07, 6.45) is 1.42. The second-order valence-corrected chi connectivity index (χ2v) is 8.30. The molecule has 0 saturated carbocycles. The van der Waals surface area contributed by atoms with Crippen molar-refractivity contribution in [1.82, 2.24) is 9.97 Å². The summed E-state index contributed by atoms with van der Waals surface area (Å²) in [6.45, 7) is 0. The number of carbonyl (C=O) groups is 1. The summed E-state index contributed by atoms with van der Waals surface area (Å²) in [6, 6.07) is 12.0. The van der Waals surface area contributed by atoms with Crippen LogP contribution in [-0.4, -0.2) is 42.5 Å². The van der Waals surface area contributed by atoms with Gasteiger partial charge in [-0.1, -0.05) is 23.7 Å². The van der Waals surface area contributed by atoms with Gasteiger partial charge >= 0.3 is 5.69 Å². The molecule has 0 aliphatic heterocycles. The molecule has 0 aliphatic carbocycles. The van der Waals surface area contributed by atoms with Crippen molar-refractivity contribution in [2.24, 2.45) is 0 Å². The highest BCUT2D eigenvalue weighted by atomic mass is 35.5. The zero-order valence-corrected chi connectivity index (χ0v) is 21.6. The lowest BCUT2D eigenvalue weighted by Crippen LogP contribution is -2.06. The average Bonchev–Trinajstić information content (AvgIpc) is 2.93. The highest BCUT2D eigenvalue weighted by Gasteiger charge is 2.21. The normalized spacial score (nSPS) is 10.5. The fourth-order valence-corrected chi connectivity index (χ4v) is 3.94. The zero-order valence-electron chi connectivity index (χ0n) is 20.8. The van der Waals surface area contributed by atoms with Crippen molar-refractivity contribution in [3.8, 4) is 28.4 Å². The number of hydrogen-bond acceptors (Lipinski definition) is 10. The molecule has 11 nitrogen and oxygen atoms in total. The molecule has 0 saturated heterocycles. The van der Waals surface area contributed by atoms with Crippen LogP contribution in [0.25, 0.3) is 11.1 Å². The topological polar surface area (TPSA) is 138 Å². The maximum absolute atomic E-state index is 15.0. The molecule has 3 aromatic carbocycles. The number of anilines is 4. The zero-order chi connectivity index (χ0) is 28.1.